The van der Waals surface area contributed by atoms with E-state index in [0.717, 1.165) is 19.4 Å². The van der Waals surface area contributed by atoms with Crippen molar-refractivity contribution in [2.45, 2.75) is 26.7 Å². The molecule has 0 aliphatic heterocycles. The molecule has 1 atom stereocenters. The lowest BCUT2D eigenvalue weighted by Gasteiger charge is -2.11. The number of carbonyl (C=O) groups is 1. The highest BCUT2D eigenvalue weighted by molar-refractivity contribution is 5.71. The topological polar surface area (TPSA) is 29.5 Å². The third kappa shape index (κ3) is 6.58. The maximum absolute atomic E-state index is 11.2. The Hall–Kier alpha value is -0.570. The lowest BCUT2D eigenvalue weighted by atomic mass is 10.1. The molecule has 1 unspecified atom stereocenters. The summed E-state index contributed by atoms with van der Waals surface area (Å²) >= 11 is 0. The number of carbonyl (C=O) groups excluding carboxylic acids is 1. The molecule has 3 nitrogen and oxygen atoms in total. The largest absolute Gasteiger partial charge is 0.465 e. The van der Waals surface area contributed by atoms with E-state index in [1.165, 1.54) is 0 Å². The predicted octanol–water partition coefficient (Wildman–Crippen LogP) is 1.53. The second-order valence-electron chi connectivity index (χ2n) is 3.63. The van der Waals surface area contributed by atoms with Crippen molar-refractivity contribution < 1.29 is 9.53 Å². The zero-order chi connectivity index (χ0) is 10.3. The zero-order valence-electron chi connectivity index (χ0n) is 9.17. The van der Waals surface area contributed by atoms with Gasteiger partial charge in [-0.15, -0.1) is 0 Å². The summed E-state index contributed by atoms with van der Waals surface area (Å²) in [4.78, 5) is 13.3. The summed E-state index contributed by atoms with van der Waals surface area (Å²) in [5, 5.41) is 0. The molecular weight excluding hydrogens is 166 g/mol. The number of esters is 1. The summed E-state index contributed by atoms with van der Waals surface area (Å²) in [6.07, 6.45) is 1.77. The van der Waals surface area contributed by atoms with Crippen LogP contribution in [0.15, 0.2) is 0 Å². The lowest BCUT2D eigenvalue weighted by molar-refractivity contribution is -0.148. The van der Waals surface area contributed by atoms with Crippen LogP contribution in [0.5, 0.6) is 0 Å². The van der Waals surface area contributed by atoms with Crippen molar-refractivity contribution in [3.05, 3.63) is 0 Å². The van der Waals surface area contributed by atoms with Crippen LogP contribution in [0.4, 0.5) is 0 Å². The molecule has 0 radical (unpaired) electrons. The molecule has 0 aliphatic rings. The van der Waals surface area contributed by atoms with Crippen molar-refractivity contribution in [3.63, 3.8) is 0 Å². The van der Waals surface area contributed by atoms with E-state index in [9.17, 15) is 4.79 Å². The Morgan fingerprint density at radius 3 is 2.54 bits per heavy atom. The van der Waals surface area contributed by atoms with Gasteiger partial charge in [0.25, 0.3) is 0 Å². The van der Waals surface area contributed by atoms with Crippen LogP contribution >= 0.6 is 0 Å². The molecule has 0 rings (SSSR count). The minimum Gasteiger partial charge on any atom is -0.465 e. The molecule has 0 fully saturated rings. The molecule has 3 heteroatoms. The zero-order valence-corrected chi connectivity index (χ0v) is 9.17. The average molecular weight is 187 g/mol. The van der Waals surface area contributed by atoms with Gasteiger partial charge in [-0.2, -0.15) is 0 Å². The summed E-state index contributed by atoms with van der Waals surface area (Å²) in [5.41, 5.74) is 0. The van der Waals surface area contributed by atoms with E-state index in [1.807, 2.05) is 27.9 Å². The van der Waals surface area contributed by atoms with Crippen molar-refractivity contribution in [1.82, 2.24) is 4.90 Å². The third-order valence-corrected chi connectivity index (χ3v) is 2.01. The molecule has 0 spiro atoms. The minimum absolute atomic E-state index is 0.0411. The first-order valence-electron chi connectivity index (χ1n) is 4.89. The molecule has 0 aliphatic carbocycles. The van der Waals surface area contributed by atoms with Crippen molar-refractivity contribution in [3.8, 4) is 0 Å². The summed E-state index contributed by atoms with van der Waals surface area (Å²) in [5.74, 6) is -0.0272. The van der Waals surface area contributed by atoms with E-state index in [2.05, 4.69) is 4.90 Å². The number of nitrogens with zero attached hydrogens (tertiary/aromatic N) is 1. The second-order valence-corrected chi connectivity index (χ2v) is 3.63. The van der Waals surface area contributed by atoms with Crippen molar-refractivity contribution in [2.24, 2.45) is 5.92 Å². The van der Waals surface area contributed by atoms with Gasteiger partial charge in [0.15, 0.2) is 0 Å². The summed E-state index contributed by atoms with van der Waals surface area (Å²) in [6, 6.07) is 0. The van der Waals surface area contributed by atoms with Gasteiger partial charge in [0.2, 0.25) is 0 Å². The predicted molar refractivity (Wildman–Crippen MR) is 53.6 cm³/mol. The fourth-order valence-corrected chi connectivity index (χ4v) is 0.862. The maximum Gasteiger partial charge on any atom is 0.308 e. The first kappa shape index (κ1) is 12.4. The van der Waals surface area contributed by atoms with Crippen molar-refractivity contribution in [2.75, 3.05) is 27.2 Å². The monoisotopic (exact) mass is 187 g/mol. The molecule has 0 saturated heterocycles. The Morgan fingerprint density at radius 2 is 2.08 bits per heavy atom. The van der Waals surface area contributed by atoms with Crippen LogP contribution in [0.3, 0.4) is 0 Å². The second kappa shape index (κ2) is 6.89. The van der Waals surface area contributed by atoms with E-state index >= 15 is 0 Å². The average Bonchev–Trinajstić information content (AvgIpc) is 2.10. The minimum atomic E-state index is -0.0683. The van der Waals surface area contributed by atoms with Crippen LogP contribution in [0.25, 0.3) is 0 Å². The highest BCUT2D eigenvalue weighted by Gasteiger charge is 2.10. The van der Waals surface area contributed by atoms with Crippen LogP contribution < -0.4 is 0 Å². The first-order valence-corrected chi connectivity index (χ1v) is 4.89. The normalized spacial score (nSPS) is 13.0. The number of hydrogen-bond donors (Lipinski definition) is 0. The molecule has 0 aromatic heterocycles. The molecule has 0 bridgehead atoms. The highest BCUT2D eigenvalue weighted by atomic mass is 16.5. The van der Waals surface area contributed by atoms with Gasteiger partial charge in [0.1, 0.15) is 0 Å². The van der Waals surface area contributed by atoms with Gasteiger partial charge in [-0.3, -0.25) is 4.79 Å². The molecular formula is C10H21NO2. The van der Waals surface area contributed by atoms with Gasteiger partial charge in [-0.05, 0) is 26.9 Å². The number of hydrogen-bond acceptors (Lipinski definition) is 3. The van der Waals surface area contributed by atoms with Crippen molar-refractivity contribution in [1.29, 1.82) is 0 Å². The molecule has 0 aromatic rings. The molecule has 13 heavy (non-hydrogen) atoms. The third-order valence-electron chi connectivity index (χ3n) is 2.01. The molecule has 78 valence electrons. The van der Waals surface area contributed by atoms with Gasteiger partial charge in [0.05, 0.1) is 12.5 Å². The van der Waals surface area contributed by atoms with E-state index in [-0.39, 0.29) is 11.9 Å². The molecule has 0 aromatic carbocycles. The van der Waals surface area contributed by atoms with Gasteiger partial charge in [-0.1, -0.05) is 13.8 Å². The van der Waals surface area contributed by atoms with Gasteiger partial charge in [-0.25, -0.2) is 0 Å². The molecule has 0 saturated carbocycles. The van der Waals surface area contributed by atoms with E-state index in [4.69, 9.17) is 4.74 Å². The fourth-order valence-electron chi connectivity index (χ4n) is 0.862. The molecule has 0 amide bonds. The number of ether oxygens (including phenoxy) is 1. The van der Waals surface area contributed by atoms with Crippen LogP contribution in [0.2, 0.25) is 0 Å². The standard InChI is InChI=1S/C10H21NO2/c1-5-9(2)10(12)13-8-6-7-11(3)4/h9H,5-8H2,1-4H3. The Balaban J connectivity index is 3.37. The van der Waals surface area contributed by atoms with Crippen LogP contribution in [0.1, 0.15) is 26.7 Å². The SMILES string of the molecule is CCC(C)C(=O)OCCCN(C)C. The van der Waals surface area contributed by atoms with Crippen molar-refractivity contribution >= 4 is 5.97 Å². The Kier molecular flexibility index (Phi) is 6.59. The first-order chi connectivity index (χ1) is 6.07. The van der Waals surface area contributed by atoms with Gasteiger partial charge >= 0.3 is 5.97 Å². The fraction of sp³-hybridized carbons (Fsp3) is 0.900. The Bertz CT molecular complexity index is 146. The highest BCUT2D eigenvalue weighted by Crippen LogP contribution is 2.03. The number of rotatable bonds is 6. The Morgan fingerprint density at radius 1 is 1.46 bits per heavy atom. The molecule has 0 heterocycles. The van der Waals surface area contributed by atoms with Crippen LogP contribution in [-0.4, -0.2) is 38.1 Å². The van der Waals surface area contributed by atoms with Gasteiger partial charge < -0.3 is 9.64 Å². The molecule has 0 N–H and O–H groups in total. The Labute approximate surface area is 81.1 Å². The summed E-state index contributed by atoms with van der Waals surface area (Å²) < 4.78 is 5.08. The quantitative estimate of drug-likeness (QED) is 0.466. The van der Waals surface area contributed by atoms with Gasteiger partial charge in [0, 0.05) is 6.54 Å². The van der Waals surface area contributed by atoms with Crippen LogP contribution in [0, 0.1) is 5.92 Å². The van der Waals surface area contributed by atoms with Crippen LogP contribution in [-0.2, 0) is 9.53 Å². The summed E-state index contributed by atoms with van der Waals surface area (Å²) in [7, 11) is 4.02. The van der Waals surface area contributed by atoms with E-state index < -0.39 is 0 Å². The lowest BCUT2D eigenvalue weighted by Crippen LogP contribution is -2.18. The van der Waals surface area contributed by atoms with E-state index in [0.29, 0.717) is 6.61 Å². The van der Waals surface area contributed by atoms with E-state index in [1.54, 1.807) is 0 Å². The maximum atomic E-state index is 11.2. The smallest absolute Gasteiger partial charge is 0.308 e. The summed E-state index contributed by atoms with van der Waals surface area (Å²) in [6.45, 7) is 5.40.